The minimum atomic E-state index is -1.11. The molecule has 0 spiro atoms. The standard InChI is InChI=1S/C27H37N5O3Si/c1-36(2,3)17-16-34-21-29-27(10-11-28)22-4-7-25(8-5-22)35-26-9-6-24-18-23(30-32(24)20-26)19-31-12-14-33-15-13-31/h4-9,11,18,20,28H,10,12-17,19,21H2,1-3H3. The molecule has 1 fully saturated rings. The summed E-state index contributed by atoms with van der Waals surface area (Å²) in [5, 5.41) is 12.3. The van der Waals surface area contributed by atoms with Gasteiger partial charge in [-0.25, -0.2) is 4.52 Å². The molecule has 192 valence electrons. The van der Waals surface area contributed by atoms with Crippen molar-refractivity contribution in [2.45, 2.75) is 38.7 Å². The van der Waals surface area contributed by atoms with Gasteiger partial charge in [-0.2, -0.15) is 5.10 Å². The molecule has 0 saturated carbocycles. The van der Waals surface area contributed by atoms with Gasteiger partial charge in [0.05, 0.1) is 36.3 Å². The molecule has 9 heteroatoms. The van der Waals surface area contributed by atoms with Gasteiger partial charge in [0.25, 0.3) is 0 Å². The third-order valence-corrected chi connectivity index (χ3v) is 7.74. The highest BCUT2D eigenvalue weighted by Gasteiger charge is 2.14. The van der Waals surface area contributed by atoms with Crippen molar-refractivity contribution in [2.24, 2.45) is 4.99 Å². The van der Waals surface area contributed by atoms with Gasteiger partial charge < -0.3 is 19.6 Å². The number of aliphatic imine (C=N–C) groups is 1. The van der Waals surface area contributed by atoms with E-state index in [0.717, 1.165) is 79.5 Å². The van der Waals surface area contributed by atoms with Crippen molar-refractivity contribution in [3.63, 3.8) is 0 Å². The first kappa shape index (κ1) is 26.2. The molecule has 1 saturated heterocycles. The smallest absolute Gasteiger partial charge is 0.145 e. The van der Waals surface area contributed by atoms with E-state index in [2.05, 4.69) is 35.6 Å². The van der Waals surface area contributed by atoms with Crippen LogP contribution in [-0.4, -0.2) is 74.2 Å². The van der Waals surface area contributed by atoms with Gasteiger partial charge in [0.15, 0.2) is 0 Å². The van der Waals surface area contributed by atoms with E-state index in [1.54, 1.807) is 0 Å². The lowest BCUT2D eigenvalue weighted by Crippen LogP contribution is -2.35. The largest absolute Gasteiger partial charge is 0.456 e. The lowest BCUT2D eigenvalue weighted by molar-refractivity contribution is 0.0336. The number of morpholine rings is 1. The number of benzene rings is 1. The normalized spacial score (nSPS) is 15.4. The number of nitrogens with one attached hydrogen (secondary N) is 1. The summed E-state index contributed by atoms with van der Waals surface area (Å²) in [5.74, 6) is 1.46. The number of aromatic nitrogens is 2. The Morgan fingerprint density at radius 3 is 2.58 bits per heavy atom. The molecule has 1 N–H and O–H groups in total. The number of rotatable bonds is 12. The zero-order chi connectivity index (χ0) is 25.4. The molecule has 0 aliphatic carbocycles. The van der Waals surface area contributed by atoms with Crippen LogP contribution in [0.5, 0.6) is 11.5 Å². The van der Waals surface area contributed by atoms with Crippen molar-refractivity contribution in [2.75, 3.05) is 39.6 Å². The van der Waals surface area contributed by atoms with Crippen LogP contribution < -0.4 is 4.74 Å². The maximum atomic E-state index is 7.53. The van der Waals surface area contributed by atoms with Crippen LogP contribution in [0.15, 0.2) is 53.7 Å². The summed E-state index contributed by atoms with van der Waals surface area (Å²) in [7, 11) is -1.11. The van der Waals surface area contributed by atoms with Gasteiger partial charge in [-0.05, 0) is 54.1 Å². The van der Waals surface area contributed by atoms with Gasteiger partial charge in [-0.3, -0.25) is 9.89 Å². The quantitative estimate of drug-likeness (QED) is 0.209. The number of fused-ring (bicyclic) bond motifs is 1. The van der Waals surface area contributed by atoms with Crippen molar-refractivity contribution < 1.29 is 14.2 Å². The van der Waals surface area contributed by atoms with E-state index >= 15 is 0 Å². The first-order valence-electron chi connectivity index (χ1n) is 12.6. The number of nitrogens with zero attached hydrogens (tertiary/aromatic N) is 4. The van der Waals surface area contributed by atoms with Crippen LogP contribution in [0.1, 0.15) is 17.7 Å². The van der Waals surface area contributed by atoms with E-state index in [4.69, 9.17) is 24.7 Å². The molecule has 0 radical (unpaired) electrons. The van der Waals surface area contributed by atoms with E-state index in [1.165, 1.54) is 6.21 Å². The average molecular weight is 508 g/mol. The minimum Gasteiger partial charge on any atom is -0.456 e. The molecule has 0 bridgehead atoms. The summed E-state index contributed by atoms with van der Waals surface area (Å²) >= 11 is 0. The second-order valence-electron chi connectivity index (χ2n) is 10.2. The number of ether oxygens (including phenoxy) is 3. The second-order valence-corrected chi connectivity index (χ2v) is 15.9. The molecule has 0 atom stereocenters. The van der Waals surface area contributed by atoms with E-state index in [9.17, 15) is 0 Å². The fourth-order valence-corrected chi connectivity index (χ4v) is 4.69. The molecular formula is C27H37N5O3Si. The van der Waals surface area contributed by atoms with Gasteiger partial charge in [0, 0.05) is 47.0 Å². The summed E-state index contributed by atoms with van der Waals surface area (Å²) in [6.45, 7) is 12.3. The van der Waals surface area contributed by atoms with Crippen LogP contribution in [-0.2, 0) is 16.0 Å². The molecule has 36 heavy (non-hydrogen) atoms. The predicted molar refractivity (Wildman–Crippen MR) is 147 cm³/mol. The van der Waals surface area contributed by atoms with Gasteiger partial charge in [0.1, 0.15) is 18.2 Å². The summed E-state index contributed by atoms with van der Waals surface area (Å²) in [4.78, 5) is 6.95. The molecule has 0 amide bonds. The topological polar surface area (TPSA) is 84.4 Å². The van der Waals surface area contributed by atoms with Crippen molar-refractivity contribution in [3.8, 4) is 11.5 Å². The van der Waals surface area contributed by atoms with Crippen LogP contribution in [0.2, 0.25) is 25.7 Å². The minimum absolute atomic E-state index is 0.323. The molecule has 2 aromatic heterocycles. The van der Waals surface area contributed by atoms with Gasteiger partial charge >= 0.3 is 0 Å². The van der Waals surface area contributed by atoms with Crippen LogP contribution in [0.25, 0.3) is 5.52 Å². The highest BCUT2D eigenvalue weighted by Crippen LogP contribution is 2.23. The van der Waals surface area contributed by atoms with Crippen molar-refractivity contribution in [3.05, 3.63) is 59.9 Å². The zero-order valence-electron chi connectivity index (χ0n) is 21.6. The van der Waals surface area contributed by atoms with Crippen molar-refractivity contribution >= 4 is 25.5 Å². The number of hydrogen-bond donors (Lipinski definition) is 1. The Morgan fingerprint density at radius 1 is 1.11 bits per heavy atom. The van der Waals surface area contributed by atoms with E-state index in [0.29, 0.717) is 13.2 Å². The third-order valence-electron chi connectivity index (χ3n) is 6.03. The SMILES string of the molecule is C[Si](C)(C)CCOCN=C(CC=N)c1ccc(Oc2ccc3cc(CN4CCOCC4)nn3c2)cc1. The second kappa shape index (κ2) is 12.4. The fourth-order valence-electron chi connectivity index (χ4n) is 3.94. The molecule has 1 aliphatic rings. The first-order chi connectivity index (χ1) is 17.4. The Bertz CT molecular complexity index is 1160. The van der Waals surface area contributed by atoms with E-state index in [-0.39, 0.29) is 0 Å². The summed E-state index contributed by atoms with van der Waals surface area (Å²) < 4.78 is 19.1. The van der Waals surface area contributed by atoms with Gasteiger partial charge in [-0.1, -0.05) is 19.6 Å². The molecule has 1 aromatic carbocycles. The number of hydrogen-bond acceptors (Lipinski definition) is 7. The van der Waals surface area contributed by atoms with E-state index in [1.807, 2.05) is 47.1 Å². The van der Waals surface area contributed by atoms with Gasteiger partial charge in [0.2, 0.25) is 0 Å². The zero-order valence-corrected chi connectivity index (χ0v) is 22.6. The monoisotopic (exact) mass is 507 g/mol. The summed E-state index contributed by atoms with van der Waals surface area (Å²) in [5.41, 5.74) is 3.90. The number of pyridine rings is 1. The highest BCUT2D eigenvalue weighted by molar-refractivity contribution is 6.76. The Balaban J connectivity index is 1.36. The van der Waals surface area contributed by atoms with Crippen LogP contribution in [0.4, 0.5) is 0 Å². The molecule has 3 aromatic rings. The average Bonchev–Trinajstić information content (AvgIpc) is 3.25. The molecule has 4 rings (SSSR count). The molecule has 3 heterocycles. The molecular weight excluding hydrogens is 470 g/mol. The predicted octanol–water partition coefficient (Wildman–Crippen LogP) is 5.10. The van der Waals surface area contributed by atoms with E-state index < -0.39 is 8.07 Å². The molecule has 1 aliphatic heterocycles. The Labute approximate surface area is 214 Å². The lowest BCUT2D eigenvalue weighted by atomic mass is 10.1. The fraction of sp³-hybridized carbons (Fsp3) is 0.444. The maximum Gasteiger partial charge on any atom is 0.145 e. The van der Waals surface area contributed by atoms with Crippen LogP contribution in [0.3, 0.4) is 0 Å². The highest BCUT2D eigenvalue weighted by atomic mass is 28.3. The lowest BCUT2D eigenvalue weighted by Gasteiger charge is -2.25. The van der Waals surface area contributed by atoms with Gasteiger partial charge in [-0.15, -0.1) is 0 Å². The Hall–Kier alpha value is -2.85. The maximum absolute atomic E-state index is 7.53. The summed E-state index contributed by atoms with van der Waals surface area (Å²) in [6, 6.07) is 15.0. The summed E-state index contributed by atoms with van der Waals surface area (Å²) in [6.07, 6.45) is 3.75. The molecule has 0 unspecified atom stereocenters. The third kappa shape index (κ3) is 7.82. The first-order valence-corrected chi connectivity index (χ1v) is 16.3. The van der Waals surface area contributed by atoms with Crippen molar-refractivity contribution in [1.82, 2.24) is 14.5 Å². The Morgan fingerprint density at radius 2 is 1.86 bits per heavy atom. The molecule has 8 nitrogen and oxygen atoms in total. The van der Waals surface area contributed by atoms with Crippen LogP contribution in [0, 0.1) is 5.41 Å². The van der Waals surface area contributed by atoms with Crippen molar-refractivity contribution in [1.29, 1.82) is 5.41 Å². The van der Waals surface area contributed by atoms with Crippen LogP contribution >= 0.6 is 0 Å². The Kier molecular flexibility index (Phi) is 9.03.